The van der Waals surface area contributed by atoms with Crippen molar-refractivity contribution in [2.24, 2.45) is 5.73 Å². The van der Waals surface area contributed by atoms with Gasteiger partial charge in [0.2, 0.25) is 11.7 Å². The van der Waals surface area contributed by atoms with Crippen LogP contribution in [-0.2, 0) is 11.2 Å². The molecule has 0 saturated carbocycles. The van der Waals surface area contributed by atoms with Crippen molar-refractivity contribution in [2.75, 3.05) is 13.1 Å². The number of H-pyrrole nitrogens is 1. The van der Waals surface area contributed by atoms with E-state index in [1.807, 2.05) is 41.3 Å². The fourth-order valence-electron chi connectivity index (χ4n) is 3.47. The van der Waals surface area contributed by atoms with Gasteiger partial charge >= 0.3 is 0 Å². The fourth-order valence-corrected chi connectivity index (χ4v) is 3.47. The third-order valence-electron chi connectivity index (χ3n) is 4.94. The quantitative estimate of drug-likeness (QED) is 0.723. The molecule has 1 saturated heterocycles. The van der Waals surface area contributed by atoms with Crippen molar-refractivity contribution >= 4 is 5.91 Å². The Bertz CT molecular complexity index is 900. The van der Waals surface area contributed by atoms with Crippen LogP contribution in [0.1, 0.15) is 18.4 Å². The van der Waals surface area contributed by atoms with Gasteiger partial charge in [-0.15, -0.1) is 10.2 Å². The first-order valence-corrected chi connectivity index (χ1v) is 9.18. The molecule has 1 aromatic heterocycles. The monoisotopic (exact) mass is 362 g/mol. The average molecular weight is 362 g/mol. The number of hydrogen-bond acceptors (Lipinski definition) is 5. The van der Waals surface area contributed by atoms with E-state index in [1.165, 1.54) is 0 Å². The van der Waals surface area contributed by atoms with Gasteiger partial charge in [0.1, 0.15) is 0 Å². The molecular weight excluding hydrogens is 340 g/mol. The third-order valence-corrected chi connectivity index (χ3v) is 4.94. The largest absolute Gasteiger partial charge is 0.341 e. The highest BCUT2D eigenvalue weighted by Crippen LogP contribution is 2.24. The average Bonchev–Trinajstić information content (AvgIpc) is 3.42. The fraction of sp³-hybridized carbons (Fsp3) is 0.300. The van der Waals surface area contributed by atoms with Crippen LogP contribution in [0, 0.1) is 0 Å². The van der Waals surface area contributed by atoms with Crippen molar-refractivity contribution in [1.29, 1.82) is 0 Å². The van der Waals surface area contributed by atoms with Crippen LogP contribution in [0.4, 0.5) is 0 Å². The van der Waals surface area contributed by atoms with Gasteiger partial charge in [-0.2, -0.15) is 5.21 Å². The molecule has 138 valence electrons. The lowest BCUT2D eigenvalue weighted by Crippen LogP contribution is -2.43. The molecule has 3 aromatic rings. The molecule has 1 atom stereocenters. The lowest BCUT2D eigenvalue weighted by atomic mass is 9.99. The van der Waals surface area contributed by atoms with Gasteiger partial charge in [0.05, 0.1) is 6.04 Å². The summed E-state index contributed by atoms with van der Waals surface area (Å²) in [5, 5.41) is 14.1. The van der Waals surface area contributed by atoms with E-state index >= 15 is 0 Å². The number of amides is 1. The molecule has 1 aliphatic heterocycles. The maximum Gasteiger partial charge on any atom is 0.239 e. The Morgan fingerprint density at radius 2 is 1.81 bits per heavy atom. The molecule has 1 fully saturated rings. The highest BCUT2D eigenvalue weighted by molar-refractivity contribution is 5.82. The topological polar surface area (TPSA) is 101 Å². The van der Waals surface area contributed by atoms with Crippen LogP contribution in [0.15, 0.2) is 48.5 Å². The van der Waals surface area contributed by atoms with Gasteiger partial charge in [-0.05, 0) is 47.2 Å². The molecule has 0 aliphatic carbocycles. The molecule has 2 aromatic carbocycles. The third kappa shape index (κ3) is 3.88. The van der Waals surface area contributed by atoms with Crippen LogP contribution in [0.25, 0.3) is 22.5 Å². The van der Waals surface area contributed by atoms with Crippen molar-refractivity contribution in [3.63, 3.8) is 0 Å². The molecule has 0 radical (unpaired) electrons. The number of hydrogen-bond donors (Lipinski definition) is 2. The Labute approximate surface area is 157 Å². The van der Waals surface area contributed by atoms with Crippen molar-refractivity contribution in [3.8, 4) is 22.5 Å². The Morgan fingerprint density at radius 1 is 1.07 bits per heavy atom. The van der Waals surface area contributed by atoms with Crippen LogP contribution in [0.2, 0.25) is 0 Å². The Balaban J connectivity index is 1.46. The van der Waals surface area contributed by atoms with E-state index in [-0.39, 0.29) is 5.91 Å². The Kier molecular flexibility index (Phi) is 4.93. The summed E-state index contributed by atoms with van der Waals surface area (Å²) in [6.07, 6.45) is 2.71. The van der Waals surface area contributed by atoms with Crippen molar-refractivity contribution in [1.82, 2.24) is 25.5 Å². The zero-order valence-electron chi connectivity index (χ0n) is 15.0. The number of carbonyl (C=O) groups is 1. The molecule has 2 heterocycles. The van der Waals surface area contributed by atoms with E-state index in [2.05, 4.69) is 32.8 Å². The van der Waals surface area contributed by atoms with E-state index in [1.54, 1.807) is 0 Å². The van der Waals surface area contributed by atoms with Crippen molar-refractivity contribution in [3.05, 3.63) is 54.1 Å². The van der Waals surface area contributed by atoms with Gasteiger partial charge < -0.3 is 10.6 Å². The molecule has 3 N–H and O–H groups in total. The summed E-state index contributed by atoms with van der Waals surface area (Å²) in [7, 11) is 0. The van der Waals surface area contributed by atoms with Crippen molar-refractivity contribution < 1.29 is 4.79 Å². The Morgan fingerprint density at radius 3 is 2.52 bits per heavy atom. The number of nitrogens with zero attached hydrogens (tertiary/aromatic N) is 4. The molecule has 4 rings (SSSR count). The van der Waals surface area contributed by atoms with Gasteiger partial charge in [-0.3, -0.25) is 4.79 Å². The van der Waals surface area contributed by atoms with E-state index in [4.69, 9.17) is 5.73 Å². The van der Waals surface area contributed by atoms with Gasteiger partial charge in [0.15, 0.2) is 0 Å². The molecule has 7 nitrogen and oxygen atoms in total. The zero-order valence-corrected chi connectivity index (χ0v) is 15.0. The number of aromatic nitrogens is 4. The highest BCUT2D eigenvalue weighted by atomic mass is 16.2. The predicted octanol–water partition coefficient (Wildman–Crippen LogP) is 2.03. The standard InChI is InChI=1S/C20H22N6O/c21-18(20(27)26-10-1-2-11-26)12-14-6-8-15(9-7-14)16-4-3-5-17(13-16)19-22-24-25-23-19/h3-9,13,18H,1-2,10-12,21H2,(H,22,23,24,25)/t18-/m0/s1. The van der Waals surface area contributed by atoms with E-state index in [9.17, 15) is 4.79 Å². The second-order valence-electron chi connectivity index (χ2n) is 6.86. The van der Waals surface area contributed by atoms with Crippen LogP contribution < -0.4 is 5.73 Å². The van der Waals surface area contributed by atoms with E-state index in [0.29, 0.717) is 12.2 Å². The minimum Gasteiger partial charge on any atom is -0.341 e. The minimum absolute atomic E-state index is 0.0596. The number of nitrogens with one attached hydrogen (secondary N) is 1. The number of carbonyl (C=O) groups excluding carboxylic acids is 1. The summed E-state index contributed by atoms with van der Waals surface area (Å²) in [5.74, 6) is 0.629. The van der Waals surface area contributed by atoms with Gasteiger partial charge in [-0.1, -0.05) is 42.5 Å². The summed E-state index contributed by atoms with van der Waals surface area (Å²) in [5.41, 5.74) is 10.3. The lowest BCUT2D eigenvalue weighted by molar-refractivity contribution is -0.131. The maximum atomic E-state index is 12.4. The summed E-state index contributed by atoms with van der Waals surface area (Å²) in [6, 6.07) is 15.7. The molecule has 7 heteroatoms. The summed E-state index contributed by atoms with van der Waals surface area (Å²) in [4.78, 5) is 14.2. The second-order valence-corrected chi connectivity index (χ2v) is 6.86. The first kappa shape index (κ1) is 17.4. The molecule has 0 unspecified atom stereocenters. The summed E-state index contributed by atoms with van der Waals surface area (Å²) < 4.78 is 0. The van der Waals surface area contributed by atoms with Crippen LogP contribution >= 0.6 is 0 Å². The van der Waals surface area contributed by atoms with Crippen LogP contribution in [0.5, 0.6) is 0 Å². The van der Waals surface area contributed by atoms with Crippen LogP contribution in [0.3, 0.4) is 0 Å². The summed E-state index contributed by atoms with van der Waals surface area (Å²) >= 11 is 0. The van der Waals surface area contributed by atoms with E-state index < -0.39 is 6.04 Å². The zero-order chi connectivity index (χ0) is 18.6. The van der Waals surface area contributed by atoms with Crippen molar-refractivity contribution in [2.45, 2.75) is 25.3 Å². The van der Waals surface area contributed by atoms with Gasteiger partial charge in [0.25, 0.3) is 0 Å². The number of likely N-dealkylation sites (tertiary alicyclic amines) is 1. The normalized spacial score (nSPS) is 15.1. The molecule has 1 amide bonds. The Hall–Kier alpha value is -3.06. The summed E-state index contributed by atoms with van der Waals surface area (Å²) in [6.45, 7) is 1.67. The molecule has 0 bridgehead atoms. The first-order chi connectivity index (χ1) is 13.2. The lowest BCUT2D eigenvalue weighted by Gasteiger charge is -2.20. The van der Waals surface area contributed by atoms with E-state index in [0.717, 1.165) is 48.2 Å². The number of rotatable bonds is 5. The molecule has 1 aliphatic rings. The second kappa shape index (κ2) is 7.67. The van der Waals surface area contributed by atoms with Gasteiger partial charge in [0, 0.05) is 18.7 Å². The molecule has 27 heavy (non-hydrogen) atoms. The van der Waals surface area contributed by atoms with Crippen LogP contribution in [-0.4, -0.2) is 50.6 Å². The molecular formula is C20H22N6O. The molecule has 0 spiro atoms. The minimum atomic E-state index is -0.476. The van der Waals surface area contributed by atoms with Gasteiger partial charge in [-0.25, -0.2) is 0 Å². The maximum absolute atomic E-state index is 12.4. The predicted molar refractivity (Wildman–Crippen MR) is 103 cm³/mol. The number of nitrogens with two attached hydrogens (primary N) is 1. The number of tetrazole rings is 1. The number of aromatic amines is 1. The number of benzene rings is 2. The first-order valence-electron chi connectivity index (χ1n) is 9.18. The smallest absolute Gasteiger partial charge is 0.239 e. The highest BCUT2D eigenvalue weighted by Gasteiger charge is 2.23. The SMILES string of the molecule is N[C@@H](Cc1ccc(-c2cccc(-c3nn[nH]n3)c2)cc1)C(=O)N1CCCC1.